The fraction of sp³-hybridized carbons (Fsp3) is 0.588. The summed E-state index contributed by atoms with van der Waals surface area (Å²) in [4.78, 5) is 14.8. The Balaban J connectivity index is 2.15. The molecule has 2 rings (SSSR count). The van der Waals surface area contributed by atoms with Gasteiger partial charge in [-0.1, -0.05) is 49.6 Å². The van der Waals surface area contributed by atoms with E-state index in [9.17, 15) is 9.90 Å². The first-order chi connectivity index (χ1) is 10.3. The quantitative estimate of drug-likeness (QED) is 0.840. The van der Waals surface area contributed by atoms with Crippen molar-refractivity contribution in [2.24, 2.45) is 5.73 Å². The average molecular weight is 290 g/mol. The molecule has 0 spiro atoms. The van der Waals surface area contributed by atoms with Crippen LogP contribution in [0, 0.1) is 0 Å². The molecule has 0 radical (unpaired) electrons. The van der Waals surface area contributed by atoms with Crippen molar-refractivity contribution in [3.05, 3.63) is 35.9 Å². The second-order valence-corrected chi connectivity index (χ2v) is 5.75. The summed E-state index contributed by atoms with van der Waals surface area (Å²) in [6.07, 6.45) is 5.66. The summed E-state index contributed by atoms with van der Waals surface area (Å²) in [5.74, 6) is -0.246. The molecule has 21 heavy (non-hydrogen) atoms. The van der Waals surface area contributed by atoms with E-state index in [1.165, 1.54) is 19.3 Å². The maximum atomic E-state index is 12.9. The Bertz CT molecular complexity index is 430. The molecule has 1 atom stereocenters. The Morgan fingerprint density at radius 2 is 1.90 bits per heavy atom. The van der Waals surface area contributed by atoms with Crippen LogP contribution in [-0.2, 0) is 4.79 Å². The van der Waals surface area contributed by atoms with Crippen molar-refractivity contribution in [2.75, 3.05) is 19.7 Å². The fourth-order valence-electron chi connectivity index (χ4n) is 3.24. The third kappa shape index (κ3) is 4.05. The molecule has 1 amide bonds. The molecule has 1 aliphatic rings. The van der Waals surface area contributed by atoms with Crippen LogP contribution < -0.4 is 5.73 Å². The van der Waals surface area contributed by atoms with Crippen molar-refractivity contribution >= 4 is 5.91 Å². The summed E-state index contributed by atoms with van der Waals surface area (Å²) in [5, 5.41) is 9.32. The zero-order chi connectivity index (χ0) is 15.1. The highest BCUT2D eigenvalue weighted by Crippen LogP contribution is 2.26. The largest absolute Gasteiger partial charge is 0.395 e. The maximum Gasteiger partial charge on any atom is 0.231 e. The highest BCUT2D eigenvalue weighted by molar-refractivity contribution is 5.84. The van der Waals surface area contributed by atoms with Gasteiger partial charge in [-0.15, -0.1) is 0 Å². The number of carbonyl (C=O) groups is 1. The van der Waals surface area contributed by atoms with Crippen molar-refractivity contribution in [2.45, 2.75) is 44.1 Å². The number of nitrogens with zero attached hydrogens (tertiary/aromatic N) is 1. The lowest BCUT2D eigenvalue weighted by Gasteiger charge is -2.36. The standard InChI is InChI=1S/C17H26N2O2/c18-13-16(14-7-3-1-4-8-14)17(21)19(11-12-20)15-9-5-2-6-10-15/h1,3-4,7-8,15-16,20H,2,5-6,9-13,18H2. The number of carbonyl (C=O) groups excluding carboxylic acids is 1. The van der Waals surface area contributed by atoms with Crippen molar-refractivity contribution in [3.8, 4) is 0 Å². The van der Waals surface area contributed by atoms with Crippen LogP contribution in [-0.4, -0.2) is 41.7 Å². The number of aliphatic hydroxyl groups is 1. The molecule has 0 heterocycles. The van der Waals surface area contributed by atoms with Crippen LogP contribution in [0.3, 0.4) is 0 Å². The predicted octanol–water partition coefficient (Wildman–Crippen LogP) is 1.88. The summed E-state index contributed by atoms with van der Waals surface area (Å²) in [6.45, 7) is 0.721. The Kier molecular flexibility index (Phi) is 6.21. The van der Waals surface area contributed by atoms with Gasteiger partial charge in [0.25, 0.3) is 0 Å². The second-order valence-electron chi connectivity index (χ2n) is 5.75. The minimum absolute atomic E-state index is 0.00826. The third-order valence-corrected chi connectivity index (χ3v) is 4.38. The molecule has 4 nitrogen and oxygen atoms in total. The van der Waals surface area contributed by atoms with Gasteiger partial charge in [-0.05, 0) is 18.4 Å². The topological polar surface area (TPSA) is 66.6 Å². The maximum absolute atomic E-state index is 12.9. The first-order valence-electron chi connectivity index (χ1n) is 7.94. The monoisotopic (exact) mass is 290 g/mol. The van der Waals surface area contributed by atoms with Crippen molar-refractivity contribution in [1.82, 2.24) is 4.90 Å². The molecule has 1 fully saturated rings. The molecule has 1 aromatic rings. The normalized spacial score (nSPS) is 17.4. The highest BCUT2D eigenvalue weighted by atomic mass is 16.3. The number of rotatable bonds is 6. The van der Waals surface area contributed by atoms with Gasteiger partial charge in [-0.25, -0.2) is 0 Å². The van der Waals surface area contributed by atoms with E-state index in [-0.39, 0.29) is 24.5 Å². The first-order valence-corrected chi connectivity index (χ1v) is 7.94. The molecule has 4 heteroatoms. The van der Waals surface area contributed by atoms with Gasteiger partial charge in [-0.3, -0.25) is 4.79 Å². The van der Waals surface area contributed by atoms with Crippen LogP contribution >= 0.6 is 0 Å². The SMILES string of the molecule is NCC(C(=O)N(CCO)C1CCCCC1)c1ccccc1. The highest BCUT2D eigenvalue weighted by Gasteiger charge is 2.30. The van der Waals surface area contributed by atoms with E-state index in [4.69, 9.17) is 5.73 Å². The number of nitrogens with two attached hydrogens (primary N) is 1. The van der Waals surface area contributed by atoms with E-state index in [2.05, 4.69) is 0 Å². The van der Waals surface area contributed by atoms with Gasteiger partial charge in [-0.2, -0.15) is 0 Å². The summed E-state index contributed by atoms with van der Waals surface area (Å²) >= 11 is 0. The van der Waals surface area contributed by atoms with Crippen molar-refractivity contribution < 1.29 is 9.90 Å². The summed E-state index contributed by atoms with van der Waals surface area (Å²) in [7, 11) is 0. The summed E-state index contributed by atoms with van der Waals surface area (Å²) in [6, 6.07) is 9.97. The molecule has 0 aromatic heterocycles. The van der Waals surface area contributed by atoms with Crippen LogP contribution in [0.15, 0.2) is 30.3 Å². The zero-order valence-corrected chi connectivity index (χ0v) is 12.6. The van der Waals surface area contributed by atoms with Gasteiger partial charge in [0.1, 0.15) is 0 Å². The molecule has 0 saturated heterocycles. The minimum Gasteiger partial charge on any atom is -0.395 e. The zero-order valence-electron chi connectivity index (χ0n) is 12.6. The molecule has 1 aromatic carbocycles. The van der Waals surface area contributed by atoms with Gasteiger partial charge < -0.3 is 15.7 Å². The first kappa shape index (κ1) is 16.0. The van der Waals surface area contributed by atoms with Crippen LogP contribution in [0.5, 0.6) is 0 Å². The van der Waals surface area contributed by atoms with Gasteiger partial charge in [0.15, 0.2) is 0 Å². The van der Waals surface area contributed by atoms with Crippen LogP contribution in [0.1, 0.15) is 43.6 Å². The number of hydrogen-bond acceptors (Lipinski definition) is 3. The van der Waals surface area contributed by atoms with E-state index in [0.29, 0.717) is 13.1 Å². The number of aliphatic hydroxyl groups excluding tert-OH is 1. The Morgan fingerprint density at radius 1 is 1.24 bits per heavy atom. The van der Waals surface area contributed by atoms with E-state index in [1.54, 1.807) is 0 Å². The molecule has 1 unspecified atom stereocenters. The average Bonchev–Trinajstić information content (AvgIpc) is 2.55. The van der Waals surface area contributed by atoms with E-state index >= 15 is 0 Å². The molecule has 1 saturated carbocycles. The van der Waals surface area contributed by atoms with Crippen molar-refractivity contribution in [1.29, 1.82) is 0 Å². The Hall–Kier alpha value is -1.39. The minimum atomic E-state index is -0.306. The number of benzene rings is 1. The number of hydrogen-bond donors (Lipinski definition) is 2. The lowest BCUT2D eigenvalue weighted by atomic mass is 9.91. The van der Waals surface area contributed by atoms with E-state index in [1.807, 2.05) is 35.2 Å². The molecule has 3 N–H and O–H groups in total. The summed E-state index contributed by atoms with van der Waals surface area (Å²) in [5.41, 5.74) is 6.82. The Morgan fingerprint density at radius 3 is 2.48 bits per heavy atom. The molecule has 0 bridgehead atoms. The molecular weight excluding hydrogens is 264 g/mol. The fourth-order valence-corrected chi connectivity index (χ4v) is 3.24. The predicted molar refractivity (Wildman–Crippen MR) is 83.9 cm³/mol. The van der Waals surface area contributed by atoms with Gasteiger partial charge in [0, 0.05) is 19.1 Å². The lowest BCUT2D eigenvalue weighted by Crippen LogP contribution is -2.46. The van der Waals surface area contributed by atoms with E-state index < -0.39 is 0 Å². The molecule has 0 aliphatic heterocycles. The van der Waals surface area contributed by atoms with E-state index in [0.717, 1.165) is 18.4 Å². The molecular formula is C17H26N2O2. The third-order valence-electron chi connectivity index (χ3n) is 4.38. The molecule has 1 aliphatic carbocycles. The second kappa shape index (κ2) is 8.15. The van der Waals surface area contributed by atoms with Gasteiger partial charge in [0.05, 0.1) is 12.5 Å². The Labute approximate surface area is 126 Å². The summed E-state index contributed by atoms with van der Waals surface area (Å²) < 4.78 is 0. The van der Waals surface area contributed by atoms with Crippen LogP contribution in [0.2, 0.25) is 0 Å². The van der Waals surface area contributed by atoms with Crippen LogP contribution in [0.25, 0.3) is 0 Å². The molecule has 116 valence electrons. The lowest BCUT2D eigenvalue weighted by molar-refractivity contribution is -0.136. The van der Waals surface area contributed by atoms with Gasteiger partial charge in [0.2, 0.25) is 5.91 Å². The van der Waals surface area contributed by atoms with Crippen LogP contribution in [0.4, 0.5) is 0 Å². The smallest absolute Gasteiger partial charge is 0.231 e. The van der Waals surface area contributed by atoms with Crippen molar-refractivity contribution in [3.63, 3.8) is 0 Å². The van der Waals surface area contributed by atoms with Gasteiger partial charge >= 0.3 is 0 Å². The number of amides is 1.